The second-order valence-corrected chi connectivity index (χ2v) is 6.58. The summed E-state index contributed by atoms with van der Waals surface area (Å²) in [5.74, 6) is -0.632. The molecule has 1 aliphatic heterocycles. The molecule has 0 radical (unpaired) electrons. The maximum absolute atomic E-state index is 11.5. The summed E-state index contributed by atoms with van der Waals surface area (Å²) in [6.07, 6.45) is 3.51. The van der Waals surface area contributed by atoms with Crippen molar-refractivity contribution in [2.75, 3.05) is 18.8 Å². The summed E-state index contributed by atoms with van der Waals surface area (Å²) in [5.41, 5.74) is 0.353. The summed E-state index contributed by atoms with van der Waals surface area (Å²) >= 11 is 0. The van der Waals surface area contributed by atoms with Crippen LogP contribution in [-0.2, 0) is 14.6 Å². The fraction of sp³-hybridized carbons (Fsp3) is 0.727. The molecule has 98 valence electrons. The maximum atomic E-state index is 11.5. The van der Waals surface area contributed by atoms with E-state index in [0.717, 1.165) is 6.42 Å². The quantitative estimate of drug-likeness (QED) is 0.539. The van der Waals surface area contributed by atoms with Gasteiger partial charge in [-0.1, -0.05) is 13.0 Å². The first-order valence-corrected chi connectivity index (χ1v) is 7.53. The molecule has 6 heteroatoms. The van der Waals surface area contributed by atoms with Crippen LogP contribution in [-0.4, -0.2) is 43.6 Å². The van der Waals surface area contributed by atoms with E-state index in [1.807, 2.05) is 0 Å². The van der Waals surface area contributed by atoms with E-state index >= 15 is 0 Å². The van der Waals surface area contributed by atoms with Crippen molar-refractivity contribution in [2.24, 2.45) is 0 Å². The molecule has 1 aliphatic rings. The lowest BCUT2D eigenvalue weighted by molar-refractivity contribution is -0.132. The third-order valence-electron chi connectivity index (χ3n) is 2.98. The van der Waals surface area contributed by atoms with Crippen LogP contribution in [0.15, 0.2) is 11.6 Å². The average Bonchev–Trinajstić information content (AvgIpc) is 2.57. The SMILES string of the molecule is CCC(=CCNCC1CCCS1(=O)=O)C(=O)O. The van der Waals surface area contributed by atoms with Crippen molar-refractivity contribution in [3.63, 3.8) is 0 Å². The number of hydrogen-bond acceptors (Lipinski definition) is 4. The molecular formula is C11H19NO4S. The zero-order chi connectivity index (χ0) is 12.9. The van der Waals surface area contributed by atoms with Gasteiger partial charge in [0.2, 0.25) is 0 Å². The van der Waals surface area contributed by atoms with E-state index in [9.17, 15) is 13.2 Å². The second-order valence-electron chi connectivity index (χ2n) is 4.18. The molecule has 0 aliphatic carbocycles. The largest absolute Gasteiger partial charge is 0.478 e. The maximum Gasteiger partial charge on any atom is 0.331 e. The number of carbonyl (C=O) groups is 1. The molecule has 1 atom stereocenters. The number of nitrogens with one attached hydrogen (secondary N) is 1. The fourth-order valence-corrected chi connectivity index (χ4v) is 3.71. The lowest BCUT2D eigenvalue weighted by Gasteiger charge is -2.09. The number of carboxylic acid groups (broad SMARTS) is 1. The highest BCUT2D eigenvalue weighted by atomic mass is 32.2. The summed E-state index contributed by atoms with van der Waals surface area (Å²) in [5, 5.41) is 11.5. The van der Waals surface area contributed by atoms with Crippen molar-refractivity contribution in [3.05, 3.63) is 11.6 Å². The molecule has 1 saturated heterocycles. The summed E-state index contributed by atoms with van der Waals surface area (Å²) in [7, 11) is -2.91. The normalized spacial score (nSPS) is 23.8. The first-order chi connectivity index (χ1) is 7.97. The number of carboxylic acids is 1. The number of rotatable bonds is 6. The van der Waals surface area contributed by atoms with Crippen molar-refractivity contribution < 1.29 is 18.3 Å². The zero-order valence-electron chi connectivity index (χ0n) is 9.98. The van der Waals surface area contributed by atoms with Gasteiger partial charge in [0.05, 0.1) is 11.0 Å². The van der Waals surface area contributed by atoms with Gasteiger partial charge < -0.3 is 10.4 Å². The first kappa shape index (κ1) is 14.2. The topological polar surface area (TPSA) is 83.5 Å². The minimum Gasteiger partial charge on any atom is -0.478 e. The van der Waals surface area contributed by atoms with Crippen LogP contribution in [0.1, 0.15) is 26.2 Å². The van der Waals surface area contributed by atoms with Gasteiger partial charge in [-0.3, -0.25) is 0 Å². The van der Waals surface area contributed by atoms with Crippen LogP contribution in [0.2, 0.25) is 0 Å². The molecule has 0 aromatic carbocycles. The van der Waals surface area contributed by atoms with Gasteiger partial charge in [-0.2, -0.15) is 0 Å². The molecule has 0 bridgehead atoms. The van der Waals surface area contributed by atoms with Crippen molar-refractivity contribution in [1.82, 2.24) is 5.32 Å². The standard InChI is InChI=1S/C11H19NO4S/c1-2-9(11(13)14)5-6-12-8-10-4-3-7-17(10,15)16/h5,10,12H,2-4,6-8H2,1H3,(H,13,14). The highest BCUT2D eigenvalue weighted by molar-refractivity contribution is 7.92. The molecular weight excluding hydrogens is 242 g/mol. The smallest absolute Gasteiger partial charge is 0.331 e. The Bertz CT molecular complexity index is 400. The van der Waals surface area contributed by atoms with Gasteiger partial charge in [0.1, 0.15) is 0 Å². The summed E-state index contributed by atoms with van der Waals surface area (Å²) in [4.78, 5) is 10.7. The summed E-state index contributed by atoms with van der Waals surface area (Å²) < 4.78 is 23.0. The van der Waals surface area contributed by atoms with Gasteiger partial charge in [0, 0.05) is 18.7 Å². The van der Waals surface area contributed by atoms with Crippen LogP contribution in [0.5, 0.6) is 0 Å². The van der Waals surface area contributed by atoms with Gasteiger partial charge in [0.15, 0.2) is 9.84 Å². The minimum absolute atomic E-state index is 0.282. The molecule has 2 N–H and O–H groups in total. The highest BCUT2D eigenvalue weighted by Gasteiger charge is 2.30. The third kappa shape index (κ3) is 4.12. The van der Waals surface area contributed by atoms with Crippen molar-refractivity contribution in [2.45, 2.75) is 31.4 Å². The molecule has 1 fully saturated rings. The minimum atomic E-state index is -2.91. The van der Waals surface area contributed by atoms with Gasteiger partial charge in [-0.25, -0.2) is 13.2 Å². The van der Waals surface area contributed by atoms with E-state index < -0.39 is 15.8 Å². The van der Waals surface area contributed by atoms with E-state index in [1.165, 1.54) is 0 Å². The van der Waals surface area contributed by atoms with E-state index in [1.54, 1.807) is 13.0 Å². The molecule has 0 spiro atoms. The molecule has 0 aromatic heterocycles. The molecule has 0 aromatic rings. The van der Waals surface area contributed by atoms with E-state index in [2.05, 4.69) is 5.32 Å². The average molecular weight is 261 g/mol. The Morgan fingerprint density at radius 3 is 2.71 bits per heavy atom. The molecule has 0 saturated carbocycles. The van der Waals surface area contributed by atoms with Crippen LogP contribution in [0, 0.1) is 0 Å². The van der Waals surface area contributed by atoms with Crippen LogP contribution in [0.4, 0.5) is 0 Å². The molecule has 1 rings (SSSR count). The zero-order valence-corrected chi connectivity index (χ0v) is 10.8. The van der Waals surface area contributed by atoms with Crippen molar-refractivity contribution in [1.29, 1.82) is 0 Å². The molecule has 5 nitrogen and oxygen atoms in total. The lowest BCUT2D eigenvalue weighted by atomic mass is 10.2. The number of aliphatic carboxylic acids is 1. The highest BCUT2D eigenvalue weighted by Crippen LogP contribution is 2.18. The van der Waals surface area contributed by atoms with E-state index in [0.29, 0.717) is 31.5 Å². The van der Waals surface area contributed by atoms with Crippen LogP contribution >= 0.6 is 0 Å². The summed E-state index contributed by atoms with van der Waals surface area (Å²) in [6.45, 7) is 2.60. The van der Waals surface area contributed by atoms with Gasteiger partial charge in [-0.05, 0) is 19.3 Å². The number of sulfone groups is 1. The Morgan fingerprint density at radius 2 is 2.24 bits per heavy atom. The monoisotopic (exact) mass is 261 g/mol. The lowest BCUT2D eigenvalue weighted by Crippen LogP contribution is -2.30. The van der Waals surface area contributed by atoms with Crippen LogP contribution in [0.25, 0.3) is 0 Å². The first-order valence-electron chi connectivity index (χ1n) is 5.82. The molecule has 1 heterocycles. The predicted octanol–water partition coefficient (Wildman–Crippen LogP) is 0.574. The van der Waals surface area contributed by atoms with Crippen molar-refractivity contribution >= 4 is 15.8 Å². The molecule has 1 unspecified atom stereocenters. The van der Waals surface area contributed by atoms with E-state index in [4.69, 9.17) is 5.11 Å². The van der Waals surface area contributed by atoms with Crippen molar-refractivity contribution in [3.8, 4) is 0 Å². The summed E-state index contributed by atoms with van der Waals surface area (Å²) in [6, 6.07) is 0. The van der Waals surface area contributed by atoms with Gasteiger partial charge >= 0.3 is 5.97 Å². The van der Waals surface area contributed by atoms with E-state index in [-0.39, 0.29) is 11.0 Å². The van der Waals surface area contributed by atoms with Gasteiger partial charge in [0.25, 0.3) is 0 Å². The Balaban J connectivity index is 2.36. The molecule has 0 amide bonds. The predicted molar refractivity (Wildman–Crippen MR) is 65.7 cm³/mol. The third-order valence-corrected chi connectivity index (χ3v) is 5.26. The Morgan fingerprint density at radius 1 is 1.53 bits per heavy atom. The van der Waals surface area contributed by atoms with Crippen LogP contribution in [0.3, 0.4) is 0 Å². The second kappa shape index (κ2) is 6.16. The van der Waals surface area contributed by atoms with Gasteiger partial charge in [-0.15, -0.1) is 0 Å². The molecule has 17 heavy (non-hydrogen) atoms. The Labute approximate surface area is 102 Å². The fourth-order valence-electron chi connectivity index (χ4n) is 1.91. The Kier molecular flexibility index (Phi) is 5.14. The Hall–Kier alpha value is -0.880. The van der Waals surface area contributed by atoms with Crippen LogP contribution < -0.4 is 5.32 Å². The number of hydrogen-bond donors (Lipinski definition) is 2.